The van der Waals surface area contributed by atoms with E-state index in [1.165, 1.54) is 23.1 Å². The van der Waals surface area contributed by atoms with E-state index < -0.39 is 17.2 Å². The number of carbonyl (C=O) groups is 1. The van der Waals surface area contributed by atoms with Gasteiger partial charge in [-0.05, 0) is 0 Å². The van der Waals surface area contributed by atoms with Crippen LogP contribution in [-0.2, 0) is 13.1 Å². The van der Waals surface area contributed by atoms with E-state index in [0.29, 0.717) is 0 Å². The molecule has 0 spiro atoms. The van der Waals surface area contributed by atoms with E-state index in [-0.39, 0.29) is 18.8 Å². The summed E-state index contributed by atoms with van der Waals surface area (Å²) in [4.78, 5) is 35.9. The van der Waals surface area contributed by atoms with Crippen molar-refractivity contribution in [2.75, 3.05) is 0 Å². The maximum absolute atomic E-state index is 11.4. The third-order valence-electron chi connectivity index (χ3n) is 2.29. The number of rotatable bonds is 4. The normalized spacial score (nSPS) is 10.4. The number of hydrogen-bond acceptors (Lipinski definition) is 5. The van der Waals surface area contributed by atoms with Crippen LogP contribution in [0.4, 0.5) is 0 Å². The number of H-pyrrole nitrogens is 1. The Hall–Kier alpha value is -2.71. The summed E-state index contributed by atoms with van der Waals surface area (Å²) in [7, 11) is 0. The molecule has 0 unspecified atom stereocenters. The molecular formula is C9H10N6O3. The van der Waals surface area contributed by atoms with Crippen molar-refractivity contribution in [3.63, 3.8) is 0 Å². The number of nitrogens with zero attached hydrogens (tertiary/aromatic N) is 4. The van der Waals surface area contributed by atoms with Crippen molar-refractivity contribution in [3.8, 4) is 0 Å². The van der Waals surface area contributed by atoms with E-state index in [2.05, 4.69) is 15.3 Å². The summed E-state index contributed by atoms with van der Waals surface area (Å²) in [5.74, 6) is -0.684. The van der Waals surface area contributed by atoms with Crippen molar-refractivity contribution in [2.45, 2.75) is 13.1 Å². The topological polar surface area (TPSA) is 129 Å². The molecule has 0 aliphatic rings. The molecule has 0 aromatic carbocycles. The summed E-state index contributed by atoms with van der Waals surface area (Å²) in [6.07, 6.45) is 2.63. The van der Waals surface area contributed by atoms with Crippen LogP contribution in [0.25, 0.3) is 0 Å². The van der Waals surface area contributed by atoms with E-state index in [1.54, 1.807) is 0 Å². The predicted octanol–water partition coefficient (Wildman–Crippen LogP) is -2.07. The SMILES string of the molecule is NC(=O)c1cn(CCn2c(=O)cc[nH]c2=O)nn1. The highest BCUT2D eigenvalue weighted by atomic mass is 16.2. The number of primary amides is 1. The average molecular weight is 250 g/mol. The molecule has 0 fully saturated rings. The van der Waals surface area contributed by atoms with Gasteiger partial charge in [-0.2, -0.15) is 0 Å². The van der Waals surface area contributed by atoms with Gasteiger partial charge in [0.05, 0.1) is 19.3 Å². The summed E-state index contributed by atoms with van der Waals surface area (Å²) in [5, 5.41) is 7.19. The van der Waals surface area contributed by atoms with Gasteiger partial charge < -0.3 is 10.7 Å². The minimum atomic E-state index is -0.684. The zero-order valence-electron chi connectivity index (χ0n) is 9.24. The monoisotopic (exact) mass is 250 g/mol. The fourth-order valence-electron chi connectivity index (χ4n) is 1.39. The van der Waals surface area contributed by atoms with Gasteiger partial charge >= 0.3 is 5.69 Å². The molecule has 0 aliphatic carbocycles. The third-order valence-corrected chi connectivity index (χ3v) is 2.29. The molecule has 0 bridgehead atoms. The molecule has 9 heteroatoms. The smallest absolute Gasteiger partial charge is 0.328 e. The molecule has 2 heterocycles. The van der Waals surface area contributed by atoms with Crippen LogP contribution in [0.2, 0.25) is 0 Å². The fraction of sp³-hybridized carbons (Fsp3) is 0.222. The van der Waals surface area contributed by atoms with Crippen LogP contribution in [0, 0.1) is 0 Å². The van der Waals surface area contributed by atoms with Crippen LogP contribution in [0.1, 0.15) is 10.5 Å². The zero-order chi connectivity index (χ0) is 13.1. The number of nitrogens with one attached hydrogen (secondary N) is 1. The Bertz CT molecular complexity index is 654. The lowest BCUT2D eigenvalue weighted by atomic mass is 10.4. The quantitative estimate of drug-likeness (QED) is 0.643. The number of carbonyl (C=O) groups excluding carboxylic acids is 1. The second kappa shape index (κ2) is 4.65. The lowest BCUT2D eigenvalue weighted by Crippen LogP contribution is -2.35. The molecule has 3 N–H and O–H groups in total. The number of hydrogen-bond donors (Lipinski definition) is 2. The van der Waals surface area contributed by atoms with Gasteiger partial charge in [0.1, 0.15) is 0 Å². The minimum absolute atomic E-state index is 0.0318. The molecular weight excluding hydrogens is 240 g/mol. The fourth-order valence-corrected chi connectivity index (χ4v) is 1.39. The maximum atomic E-state index is 11.4. The number of aryl methyl sites for hydroxylation is 1. The Morgan fingerprint density at radius 3 is 2.78 bits per heavy atom. The summed E-state index contributed by atoms with van der Waals surface area (Å²) < 4.78 is 2.35. The highest BCUT2D eigenvalue weighted by Gasteiger charge is 2.06. The van der Waals surface area contributed by atoms with Gasteiger partial charge in [-0.25, -0.2) is 9.48 Å². The van der Waals surface area contributed by atoms with Gasteiger partial charge in [0.2, 0.25) is 0 Å². The van der Waals surface area contributed by atoms with Crippen molar-refractivity contribution in [1.82, 2.24) is 24.5 Å². The summed E-state index contributed by atoms with van der Waals surface area (Å²) in [6, 6.07) is 1.25. The molecule has 0 atom stereocenters. The van der Waals surface area contributed by atoms with Crippen LogP contribution >= 0.6 is 0 Å². The van der Waals surface area contributed by atoms with Crippen LogP contribution in [-0.4, -0.2) is 30.5 Å². The predicted molar refractivity (Wildman–Crippen MR) is 59.9 cm³/mol. The molecule has 0 saturated heterocycles. The van der Waals surface area contributed by atoms with Gasteiger partial charge in [0.25, 0.3) is 11.5 Å². The van der Waals surface area contributed by atoms with Crippen molar-refractivity contribution in [3.05, 3.63) is 45.0 Å². The van der Waals surface area contributed by atoms with Crippen molar-refractivity contribution in [2.24, 2.45) is 5.73 Å². The first-order valence-electron chi connectivity index (χ1n) is 5.06. The average Bonchev–Trinajstić information content (AvgIpc) is 2.77. The van der Waals surface area contributed by atoms with Crippen molar-refractivity contribution in [1.29, 1.82) is 0 Å². The lowest BCUT2D eigenvalue weighted by Gasteiger charge is -2.02. The lowest BCUT2D eigenvalue weighted by molar-refractivity contribution is 0.0995. The second-order valence-electron chi connectivity index (χ2n) is 3.50. The summed E-state index contributed by atoms with van der Waals surface area (Å²) in [6.45, 7) is 0.351. The van der Waals surface area contributed by atoms with E-state index in [0.717, 1.165) is 4.57 Å². The molecule has 94 valence electrons. The van der Waals surface area contributed by atoms with Gasteiger partial charge in [-0.1, -0.05) is 5.21 Å². The number of amides is 1. The Morgan fingerprint density at radius 2 is 2.17 bits per heavy atom. The van der Waals surface area contributed by atoms with Gasteiger partial charge in [-0.15, -0.1) is 5.10 Å². The third kappa shape index (κ3) is 2.34. The van der Waals surface area contributed by atoms with E-state index in [9.17, 15) is 14.4 Å². The Labute approximate surface area is 99.9 Å². The number of nitrogens with two attached hydrogens (primary N) is 1. The molecule has 2 rings (SSSR count). The Balaban J connectivity index is 2.14. The molecule has 1 amide bonds. The molecule has 2 aromatic rings. The highest BCUT2D eigenvalue weighted by molar-refractivity contribution is 5.90. The number of aromatic amines is 1. The molecule has 18 heavy (non-hydrogen) atoms. The maximum Gasteiger partial charge on any atom is 0.328 e. The van der Waals surface area contributed by atoms with E-state index in [4.69, 9.17) is 5.73 Å². The van der Waals surface area contributed by atoms with Crippen LogP contribution < -0.4 is 17.0 Å². The van der Waals surface area contributed by atoms with Gasteiger partial charge in [0, 0.05) is 12.3 Å². The van der Waals surface area contributed by atoms with Crippen LogP contribution in [0.15, 0.2) is 28.0 Å². The molecule has 0 radical (unpaired) electrons. The second-order valence-corrected chi connectivity index (χ2v) is 3.50. The Morgan fingerprint density at radius 1 is 1.39 bits per heavy atom. The molecule has 0 aliphatic heterocycles. The molecule has 9 nitrogen and oxygen atoms in total. The van der Waals surface area contributed by atoms with Crippen molar-refractivity contribution < 1.29 is 4.79 Å². The summed E-state index contributed by atoms with van der Waals surface area (Å²) in [5.41, 5.74) is 4.14. The molecule has 0 saturated carbocycles. The molecule has 2 aromatic heterocycles. The Kier molecular flexibility index (Phi) is 3.04. The van der Waals surface area contributed by atoms with Crippen LogP contribution in [0.3, 0.4) is 0 Å². The zero-order valence-corrected chi connectivity index (χ0v) is 9.24. The highest BCUT2D eigenvalue weighted by Crippen LogP contribution is 1.91. The van der Waals surface area contributed by atoms with Crippen molar-refractivity contribution >= 4 is 5.91 Å². The summed E-state index contributed by atoms with van der Waals surface area (Å²) >= 11 is 0. The van der Waals surface area contributed by atoms with E-state index in [1.807, 2.05) is 0 Å². The first-order chi connectivity index (χ1) is 8.58. The van der Waals surface area contributed by atoms with Gasteiger partial charge in [0.15, 0.2) is 5.69 Å². The first-order valence-corrected chi connectivity index (χ1v) is 5.06. The first kappa shape index (κ1) is 11.8. The van der Waals surface area contributed by atoms with E-state index >= 15 is 0 Å². The minimum Gasteiger partial charge on any atom is -0.364 e. The van der Waals surface area contributed by atoms with Crippen LogP contribution in [0.5, 0.6) is 0 Å². The standard InChI is InChI=1S/C9H10N6O3/c10-8(17)6-5-14(13-12-6)3-4-15-7(16)1-2-11-9(15)18/h1-2,5H,3-4H2,(H2,10,17)(H,11,18). The number of aromatic nitrogens is 5. The largest absolute Gasteiger partial charge is 0.364 e. The van der Waals surface area contributed by atoms with Gasteiger partial charge in [-0.3, -0.25) is 14.2 Å².